The van der Waals surface area contributed by atoms with E-state index in [2.05, 4.69) is 10.6 Å². The van der Waals surface area contributed by atoms with Crippen molar-refractivity contribution < 1.29 is 9.59 Å². The lowest BCUT2D eigenvalue weighted by Crippen LogP contribution is -2.32. The summed E-state index contributed by atoms with van der Waals surface area (Å²) in [4.78, 5) is 22.9. The molecular formula is C14H19ClN2O2. The van der Waals surface area contributed by atoms with Crippen molar-refractivity contribution in [1.29, 1.82) is 0 Å². The molecule has 0 fully saturated rings. The molecule has 1 aromatic rings. The molecule has 0 heterocycles. The lowest BCUT2D eigenvalue weighted by molar-refractivity contribution is -0.120. The average Bonchev–Trinajstić information content (AvgIpc) is 2.32. The molecule has 0 aliphatic heterocycles. The largest absolute Gasteiger partial charge is 0.354 e. The third kappa shape index (κ3) is 5.30. The second kappa shape index (κ2) is 7.14. The van der Waals surface area contributed by atoms with Gasteiger partial charge in [-0.2, -0.15) is 0 Å². The van der Waals surface area contributed by atoms with E-state index in [0.29, 0.717) is 0 Å². The van der Waals surface area contributed by atoms with Crippen molar-refractivity contribution in [2.75, 3.05) is 11.9 Å². The monoisotopic (exact) mass is 282 g/mol. The van der Waals surface area contributed by atoms with Gasteiger partial charge in [-0.1, -0.05) is 17.7 Å². The molecule has 1 atom stereocenters. The van der Waals surface area contributed by atoms with E-state index in [0.717, 1.165) is 16.8 Å². The van der Waals surface area contributed by atoms with Gasteiger partial charge in [0.15, 0.2) is 0 Å². The minimum Gasteiger partial charge on any atom is -0.354 e. The number of carbonyl (C=O) groups is 2. The van der Waals surface area contributed by atoms with Crippen LogP contribution in [0.25, 0.3) is 0 Å². The summed E-state index contributed by atoms with van der Waals surface area (Å²) >= 11 is 5.60. The maximum Gasteiger partial charge on any atom is 0.237 e. The predicted octanol–water partition coefficient (Wildman–Crippen LogP) is 2.38. The highest BCUT2D eigenvalue weighted by atomic mass is 35.5. The predicted molar refractivity (Wildman–Crippen MR) is 77.5 cm³/mol. The number of alkyl halides is 1. The highest BCUT2D eigenvalue weighted by Crippen LogP contribution is 2.15. The van der Waals surface area contributed by atoms with Crippen LogP contribution in [-0.2, 0) is 9.59 Å². The molecule has 2 amide bonds. The van der Waals surface area contributed by atoms with E-state index in [1.54, 1.807) is 6.92 Å². The Labute approximate surface area is 118 Å². The van der Waals surface area contributed by atoms with Gasteiger partial charge in [-0.3, -0.25) is 9.59 Å². The van der Waals surface area contributed by atoms with Crippen LogP contribution < -0.4 is 10.6 Å². The fourth-order valence-electron chi connectivity index (χ4n) is 1.61. The van der Waals surface area contributed by atoms with Crippen LogP contribution in [0.2, 0.25) is 0 Å². The minimum atomic E-state index is -0.581. The molecule has 104 valence electrons. The quantitative estimate of drug-likeness (QED) is 0.815. The first-order valence-electron chi connectivity index (χ1n) is 6.19. The number of hydrogen-bond acceptors (Lipinski definition) is 2. The van der Waals surface area contributed by atoms with Crippen molar-refractivity contribution in [2.45, 2.75) is 32.6 Å². The minimum absolute atomic E-state index is 0.130. The molecule has 1 rings (SSSR count). The number of carbonyl (C=O) groups excluding carboxylic acids is 2. The number of amides is 2. The summed E-state index contributed by atoms with van der Waals surface area (Å²) in [6, 6.07) is 5.83. The SMILES string of the molecule is Cc1ccc(NC(=O)CCNC(=O)[C@@H](C)Cl)c(C)c1. The number of anilines is 1. The van der Waals surface area contributed by atoms with Gasteiger partial charge in [-0.15, -0.1) is 11.6 Å². The van der Waals surface area contributed by atoms with Crippen LogP contribution in [0.3, 0.4) is 0 Å². The Bertz CT molecular complexity index is 473. The molecule has 2 N–H and O–H groups in total. The molecular weight excluding hydrogens is 264 g/mol. The summed E-state index contributed by atoms with van der Waals surface area (Å²) < 4.78 is 0. The number of halogens is 1. The molecule has 0 spiro atoms. The van der Waals surface area contributed by atoms with Crippen LogP contribution in [0, 0.1) is 13.8 Å². The summed E-state index contributed by atoms with van der Waals surface area (Å²) in [5, 5.41) is 4.83. The fraction of sp³-hybridized carbons (Fsp3) is 0.429. The van der Waals surface area contributed by atoms with Gasteiger partial charge >= 0.3 is 0 Å². The third-order valence-corrected chi connectivity index (χ3v) is 2.87. The summed E-state index contributed by atoms with van der Waals surface area (Å²) in [7, 11) is 0. The van der Waals surface area contributed by atoms with E-state index in [1.807, 2.05) is 32.0 Å². The lowest BCUT2D eigenvalue weighted by atomic mass is 10.1. The molecule has 19 heavy (non-hydrogen) atoms. The van der Waals surface area contributed by atoms with Gasteiger partial charge in [0.1, 0.15) is 5.38 Å². The molecule has 4 nitrogen and oxygen atoms in total. The van der Waals surface area contributed by atoms with E-state index < -0.39 is 5.38 Å². The first-order chi connectivity index (χ1) is 8.90. The average molecular weight is 283 g/mol. The van der Waals surface area contributed by atoms with Gasteiger partial charge < -0.3 is 10.6 Å². The Morgan fingerprint density at radius 2 is 2.00 bits per heavy atom. The van der Waals surface area contributed by atoms with Gasteiger partial charge in [0.2, 0.25) is 11.8 Å². The van der Waals surface area contributed by atoms with Crippen molar-refractivity contribution in [3.63, 3.8) is 0 Å². The Balaban J connectivity index is 2.41. The second-order valence-corrected chi connectivity index (χ2v) is 5.18. The third-order valence-electron chi connectivity index (χ3n) is 2.67. The van der Waals surface area contributed by atoms with Crippen molar-refractivity contribution in [3.05, 3.63) is 29.3 Å². The first kappa shape index (κ1) is 15.5. The smallest absolute Gasteiger partial charge is 0.237 e. The van der Waals surface area contributed by atoms with Crippen LogP contribution in [0.15, 0.2) is 18.2 Å². The summed E-state index contributed by atoms with van der Waals surface area (Å²) in [5.41, 5.74) is 2.97. The lowest BCUT2D eigenvalue weighted by Gasteiger charge is -2.10. The summed E-state index contributed by atoms with van der Waals surface area (Å²) in [5.74, 6) is -0.393. The maximum absolute atomic E-state index is 11.7. The van der Waals surface area contributed by atoms with Crippen LogP contribution in [-0.4, -0.2) is 23.7 Å². The number of hydrogen-bond donors (Lipinski definition) is 2. The van der Waals surface area contributed by atoms with Gasteiger partial charge in [0, 0.05) is 18.7 Å². The number of aryl methyl sites for hydroxylation is 2. The van der Waals surface area contributed by atoms with Gasteiger partial charge in [-0.25, -0.2) is 0 Å². The van der Waals surface area contributed by atoms with Crippen LogP contribution in [0.4, 0.5) is 5.69 Å². The molecule has 0 aromatic heterocycles. The fourth-order valence-corrected chi connectivity index (χ4v) is 1.68. The van der Waals surface area contributed by atoms with Crippen molar-refractivity contribution in [1.82, 2.24) is 5.32 Å². The molecule has 0 saturated carbocycles. The van der Waals surface area contributed by atoms with Gasteiger partial charge in [0.25, 0.3) is 0 Å². The van der Waals surface area contributed by atoms with Crippen LogP contribution >= 0.6 is 11.6 Å². The molecule has 5 heteroatoms. The maximum atomic E-state index is 11.7. The molecule has 0 radical (unpaired) electrons. The Kier molecular flexibility index (Phi) is 5.83. The van der Waals surface area contributed by atoms with Crippen molar-refractivity contribution in [2.24, 2.45) is 0 Å². The Hall–Kier alpha value is -1.55. The van der Waals surface area contributed by atoms with Crippen molar-refractivity contribution in [3.8, 4) is 0 Å². The Morgan fingerprint density at radius 1 is 1.32 bits per heavy atom. The van der Waals surface area contributed by atoms with Gasteiger partial charge in [-0.05, 0) is 32.4 Å². The van der Waals surface area contributed by atoms with E-state index >= 15 is 0 Å². The topological polar surface area (TPSA) is 58.2 Å². The summed E-state index contributed by atoms with van der Waals surface area (Å²) in [6.45, 7) is 5.82. The second-order valence-electron chi connectivity index (χ2n) is 4.52. The normalized spacial score (nSPS) is 11.8. The molecule has 0 aliphatic carbocycles. The van der Waals surface area contributed by atoms with E-state index in [9.17, 15) is 9.59 Å². The zero-order valence-corrected chi connectivity index (χ0v) is 12.2. The Morgan fingerprint density at radius 3 is 2.58 bits per heavy atom. The standard InChI is InChI=1S/C14H19ClN2O2/c1-9-4-5-12(10(2)8-9)17-13(18)6-7-16-14(19)11(3)15/h4-5,8,11H,6-7H2,1-3H3,(H,16,19)(H,17,18)/t11-/m1/s1. The highest BCUT2D eigenvalue weighted by Gasteiger charge is 2.09. The molecule has 0 bridgehead atoms. The van der Waals surface area contributed by atoms with Crippen LogP contribution in [0.5, 0.6) is 0 Å². The molecule has 1 aromatic carbocycles. The number of nitrogens with one attached hydrogen (secondary N) is 2. The van der Waals surface area contributed by atoms with Crippen LogP contribution in [0.1, 0.15) is 24.5 Å². The van der Waals surface area contributed by atoms with Crippen molar-refractivity contribution >= 4 is 29.1 Å². The highest BCUT2D eigenvalue weighted by molar-refractivity contribution is 6.30. The summed E-state index contributed by atoms with van der Waals surface area (Å²) in [6.07, 6.45) is 0.225. The van der Waals surface area contributed by atoms with E-state index in [4.69, 9.17) is 11.6 Å². The van der Waals surface area contributed by atoms with E-state index in [-0.39, 0.29) is 24.8 Å². The zero-order valence-electron chi connectivity index (χ0n) is 11.4. The van der Waals surface area contributed by atoms with Gasteiger partial charge in [0.05, 0.1) is 0 Å². The van der Waals surface area contributed by atoms with E-state index in [1.165, 1.54) is 0 Å². The number of rotatable bonds is 5. The zero-order chi connectivity index (χ0) is 14.4. The molecule has 0 aliphatic rings. The molecule has 0 unspecified atom stereocenters. The first-order valence-corrected chi connectivity index (χ1v) is 6.62. The number of benzene rings is 1. The molecule has 0 saturated heterocycles.